The van der Waals surface area contributed by atoms with Crippen molar-refractivity contribution in [2.75, 3.05) is 59.2 Å². The van der Waals surface area contributed by atoms with Gasteiger partial charge in [-0.25, -0.2) is 0 Å². The van der Waals surface area contributed by atoms with Gasteiger partial charge in [-0.05, 0) is 25.1 Å². The highest BCUT2D eigenvalue weighted by Gasteiger charge is 2.31. The van der Waals surface area contributed by atoms with Crippen molar-refractivity contribution in [1.29, 1.82) is 0 Å². The van der Waals surface area contributed by atoms with Gasteiger partial charge < -0.3 is 14.6 Å². The molecule has 0 aromatic heterocycles. The van der Waals surface area contributed by atoms with E-state index in [1.54, 1.807) is 0 Å². The summed E-state index contributed by atoms with van der Waals surface area (Å²) in [5.74, 6) is 0. The van der Waals surface area contributed by atoms with Crippen LogP contribution in [0.15, 0.2) is 30.3 Å². The minimum absolute atomic E-state index is 0.605. The molecular weight excluding hydrogens is 316 g/mol. The highest BCUT2D eigenvalue weighted by atomic mass is 16.5. The smallest absolute Gasteiger partial charge is 0.0818 e. The number of ether oxygens (including phenoxy) is 2. The third-order valence-electron chi connectivity index (χ3n) is 5.24. The molecule has 5 nitrogen and oxygen atoms in total. The molecule has 0 atom stereocenters. The lowest BCUT2D eigenvalue weighted by molar-refractivity contribution is -0.0813. The van der Waals surface area contributed by atoms with Crippen LogP contribution in [0.1, 0.15) is 24.8 Å². The summed E-state index contributed by atoms with van der Waals surface area (Å²) in [5, 5.41) is 10.9. The summed E-state index contributed by atoms with van der Waals surface area (Å²) in [5.41, 5.74) is 0.705. The summed E-state index contributed by atoms with van der Waals surface area (Å²) in [6, 6.07) is 10.6. The van der Waals surface area contributed by atoms with Crippen molar-refractivity contribution in [1.82, 2.24) is 9.80 Å². The van der Waals surface area contributed by atoms with Gasteiger partial charge in [0.2, 0.25) is 0 Å². The van der Waals surface area contributed by atoms with E-state index in [4.69, 9.17) is 9.47 Å². The van der Waals surface area contributed by atoms with Crippen molar-refractivity contribution >= 4 is 0 Å². The van der Waals surface area contributed by atoms with Crippen LogP contribution in [0, 0.1) is 0 Å². The molecule has 25 heavy (non-hydrogen) atoms. The first-order valence-electron chi connectivity index (χ1n) is 9.60. The SMILES string of the molecule is OC1(CN(CCCN2CCOCC2)Cc2ccccc2)CCOCC1. The van der Waals surface area contributed by atoms with Gasteiger partial charge in [0.1, 0.15) is 0 Å². The van der Waals surface area contributed by atoms with Gasteiger partial charge >= 0.3 is 0 Å². The lowest BCUT2D eigenvalue weighted by atomic mass is 9.93. The van der Waals surface area contributed by atoms with Crippen LogP contribution in [0.5, 0.6) is 0 Å². The molecule has 140 valence electrons. The maximum absolute atomic E-state index is 10.9. The molecule has 0 spiro atoms. The number of benzene rings is 1. The minimum atomic E-state index is -0.605. The Morgan fingerprint density at radius 2 is 1.68 bits per heavy atom. The Kier molecular flexibility index (Phi) is 7.25. The highest BCUT2D eigenvalue weighted by Crippen LogP contribution is 2.23. The van der Waals surface area contributed by atoms with Crippen LogP contribution in [0.2, 0.25) is 0 Å². The third-order valence-corrected chi connectivity index (χ3v) is 5.24. The first kappa shape index (κ1) is 18.8. The Labute approximate surface area is 151 Å². The fourth-order valence-corrected chi connectivity index (χ4v) is 3.72. The third kappa shape index (κ3) is 6.35. The van der Waals surface area contributed by atoms with E-state index in [-0.39, 0.29) is 0 Å². The molecule has 2 fully saturated rings. The van der Waals surface area contributed by atoms with Crippen molar-refractivity contribution in [2.45, 2.75) is 31.4 Å². The van der Waals surface area contributed by atoms with E-state index in [0.29, 0.717) is 13.2 Å². The van der Waals surface area contributed by atoms with Gasteiger partial charge in [-0.3, -0.25) is 9.80 Å². The fraction of sp³-hybridized carbons (Fsp3) is 0.700. The molecule has 2 aliphatic heterocycles. The first-order valence-corrected chi connectivity index (χ1v) is 9.60. The number of aliphatic hydroxyl groups is 1. The van der Waals surface area contributed by atoms with Gasteiger partial charge in [0, 0.05) is 52.2 Å². The van der Waals surface area contributed by atoms with Crippen LogP contribution in [-0.2, 0) is 16.0 Å². The monoisotopic (exact) mass is 348 g/mol. The van der Waals surface area contributed by atoms with E-state index >= 15 is 0 Å². The largest absolute Gasteiger partial charge is 0.388 e. The average Bonchev–Trinajstić information content (AvgIpc) is 2.64. The van der Waals surface area contributed by atoms with Crippen LogP contribution in [0.3, 0.4) is 0 Å². The lowest BCUT2D eigenvalue weighted by Gasteiger charge is -2.37. The van der Waals surface area contributed by atoms with E-state index in [1.807, 2.05) is 0 Å². The molecule has 0 radical (unpaired) electrons. The van der Waals surface area contributed by atoms with E-state index in [9.17, 15) is 5.11 Å². The topological polar surface area (TPSA) is 45.2 Å². The molecule has 1 aromatic rings. The standard InChI is InChI=1S/C20H32N2O3/c23-20(7-13-24-14-8-20)18-22(17-19-5-2-1-3-6-19)10-4-9-21-11-15-25-16-12-21/h1-3,5-6,23H,4,7-18H2. The second kappa shape index (κ2) is 9.64. The fourth-order valence-electron chi connectivity index (χ4n) is 3.72. The Balaban J connectivity index is 1.53. The summed E-state index contributed by atoms with van der Waals surface area (Å²) in [7, 11) is 0. The van der Waals surface area contributed by atoms with E-state index in [1.165, 1.54) is 5.56 Å². The Hall–Kier alpha value is -0.980. The number of hydrogen-bond acceptors (Lipinski definition) is 5. The second-order valence-electron chi connectivity index (χ2n) is 7.34. The summed E-state index contributed by atoms with van der Waals surface area (Å²) in [6.07, 6.45) is 2.60. The van der Waals surface area contributed by atoms with Crippen molar-refractivity contribution in [2.24, 2.45) is 0 Å². The Morgan fingerprint density at radius 1 is 1.00 bits per heavy atom. The van der Waals surface area contributed by atoms with Crippen molar-refractivity contribution in [3.8, 4) is 0 Å². The van der Waals surface area contributed by atoms with Gasteiger partial charge in [0.05, 0.1) is 18.8 Å². The molecule has 0 amide bonds. The van der Waals surface area contributed by atoms with Gasteiger partial charge in [-0.2, -0.15) is 0 Å². The molecular formula is C20H32N2O3. The number of morpholine rings is 1. The zero-order valence-corrected chi connectivity index (χ0v) is 15.2. The number of hydrogen-bond donors (Lipinski definition) is 1. The summed E-state index contributed by atoms with van der Waals surface area (Å²) in [4.78, 5) is 4.90. The molecule has 3 rings (SSSR count). The summed E-state index contributed by atoms with van der Waals surface area (Å²) < 4.78 is 10.9. The van der Waals surface area contributed by atoms with Crippen LogP contribution in [-0.4, -0.2) is 79.7 Å². The van der Waals surface area contributed by atoms with E-state index in [2.05, 4.69) is 40.1 Å². The average molecular weight is 348 g/mol. The quantitative estimate of drug-likeness (QED) is 0.775. The maximum Gasteiger partial charge on any atom is 0.0818 e. The summed E-state index contributed by atoms with van der Waals surface area (Å²) >= 11 is 0. The van der Waals surface area contributed by atoms with Crippen molar-refractivity contribution in [3.63, 3.8) is 0 Å². The Morgan fingerprint density at radius 3 is 2.40 bits per heavy atom. The van der Waals surface area contributed by atoms with Crippen LogP contribution in [0.25, 0.3) is 0 Å². The maximum atomic E-state index is 10.9. The molecule has 1 aromatic carbocycles. The normalized spacial score (nSPS) is 21.5. The summed E-state index contributed by atoms with van der Waals surface area (Å²) in [6.45, 7) is 8.88. The van der Waals surface area contributed by atoms with Gasteiger partial charge in [-0.15, -0.1) is 0 Å². The van der Waals surface area contributed by atoms with Gasteiger partial charge in [-0.1, -0.05) is 30.3 Å². The van der Waals surface area contributed by atoms with Gasteiger partial charge in [0.25, 0.3) is 0 Å². The number of nitrogens with zero attached hydrogens (tertiary/aromatic N) is 2. The number of rotatable bonds is 8. The minimum Gasteiger partial charge on any atom is -0.388 e. The molecule has 2 heterocycles. The molecule has 5 heteroatoms. The van der Waals surface area contributed by atoms with E-state index < -0.39 is 5.60 Å². The van der Waals surface area contributed by atoms with Crippen LogP contribution >= 0.6 is 0 Å². The lowest BCUT2D eigenvalue weighted by Crippen LogP contribution is -2.47. The van der Waals surface area contributed by atoms with E-state index in [0.717, 1.165) is 71.7 Å². The van der Waals surface area contributed by atoms with Crippen LogP contribution in [0.4, 0.5) is 0 Å². The predicted octanol–water partition coefficient (Wildman–Crippen LogP) is 1.75. The zero-order valence-electron chi connectivity index (χ0n) is 15.2. The first-order chi connectivity index (χ1) is 12.2. The molecule has 0 saturated carbocycles. The van der Waals surface area contributed by atoms with Gasteiger partial charge in [0.15, 0.2) is 0 Å². The molecule has 0 bridgehead atoms. The molecule has 0 unspecified atom stereocenters. The molecule has 1 N–H and O–H groups in total. The molecule has 2 saturated heterocycles. The second-order valence-corrected chi connectivity index (χ2v) is 7.34. The Bertz CT molecular complexity index is 485. The zero-order chi connectivity index (χ0) is 17.4. The van der Waals surface area contributed by atoms with Crippen LogP contribution < -0.4 is 0 Å². The van der Waals surface area contributed by atoms with Crippen molar-refractivity contribution < 1.29 is 14.6 Å². The molecule has 2 aliphatic rings. The van der Waals surface area contributed by atoms with Crippen molar-refractivity contribution in [3.05, 3.63) is 35.9 Å². The highest BCUT2D eigenvalue weighted by molar-refractivity contribution is 5.14. The molecule has 0 aliphatic carbocycles. The predicted molar refractivity (Wildman–Crippen MR) is 98.6 cm³/mol.